The standard InChI is InChI=1S/C9H7N.C5H8N2/c1-2-6-9-8(4-1)5-3-7-10-9;1-4-3-6-5(2)7-4/h1-7H;3H,1-2H3,(H,6,7). The van der Waals surface area contributed by atoms with Gasteiger partial charge in [-0.2, -0.15) is 0 Å². The van der Waals surface area contributed by atoms with Crippen LogP contribution in [0.4, 0.5) is 0 Å². The summed E-state index contributed by atoms with van der Waals surface area (Å²) in [5.41, 5.74) is 2.11. The molecule has 3 aromatic rings. The van der Waals surface area contributed by atoms with Gasteiger partial charge in [0.15, 0.2) is 0 Å². The van der Waals surface area contributed by atoms with Crippen molar-refractivity contribution < 1.29 is 0 Å². The molecule has 0 unspecified atom stereocenters. The maximum absolute atomic E-state index is 4.18. The Bertz CT molecular complexity index is 517. The number of aromatic amines is 1. The van der Waals surface area contributed by atoms with Crippen molar-refractivity contribution in [3.63, 3.8) is 0 Å². The number of aryl methyl sites for hydroxylation is 2. The zero-order chi connectivity index (χ0) is 12.1. The van der Waals surface area contributed by atoms with E-state index in [2.05, 4.69) is 27.1 Å². The predicted molar refractivity (Wildman–Crippen MR) is 69.8 cm³/mol. The number of rotatable bonds is 0. The molecule has 3 rings (SSSR count). The summed E-state index contributed by atoms with van der Waals surface area (Å²) >= 11 is 0. The second-order valence-electron chi connectivity index (χ2n) is 3.82. The fourth-order valence-electron chi connectivity index (χ4n) is 1.55. The van der Waals surface area contributed by atoms with Gasteiger partial charge in [-0.3, -0.25) is 4.98 Å². The Morgan fingerprint density at radius 3 is 2.35 bits per heavy atom. The van der Waals surface area contributed by atoms with Gasteiger partial charge < -0.3 is 4.98 Å². The SMILES string of the molecule is Cc1c[nH]c(C)n1.c1ccc2ncccc2c1. The summed E-state index contributed by atoms with van der Waals surface area (Å²) in [5.74, 6) is 0.984. The van der Waals surface area contributed by atoms with E-state index >= 15 is 0 Å². The molecule has 0 saturated heterocycles. The van der Waals surface area contributed by atoms with Crippen LogP contribution in [-0.4, -0.2) is 15.0 Å². The summed E-state index contributed by atoms with van der Waals surface area (Å²) in [6.07, 6.45) is 3.69. The van der Waals surface area contributed by atoms with Crippen LogP contribution in [0.2, 0.25) is 0 Å². The molecule has 0 bridgehead atoms. The Labute approximate surface area is 101 Å². The van der Waals surface area contributed by atoms with Crippen LogP contribution in [0.1, 0.15) is 11.5 Å². The highest BCUT2D eigenvalue weighted by Gasteiger charge is 1.86. The molecule has 0 atom stereocenters. The number of nitrogens with zero attached hydrogens (tertiary/aromatic N) is 2. The molecule has 0 fully saturated rings. The summed E-state index contributed by atoms with van der Waals surface area (Å²) in [6, 6.07) is 12.1. The summed E-state index contributed by atoms with van der Waals surface area (Å²) < 4.78 is 0. The number of benzene rings is 1. The number of H-pyrrole nitrogens is 1. The van der Waals surface area contributed by atoms with Crippen LogP contribution >= 0.6 is 0 Å². The van der Waals surface area contributed by atoms with E-state index in [1.165, 1.54) is 5.39 Å². The molecule has 0 spiro atoms. The molecule has 3 nitrogen and oxygen atoms in total. The molecule has 1 aromatic carbocycles. The number of para-hydroxylation sites is 1. The summed E-state index contributed by atoms with van der Waals surface area (Å²) in [5, 5.41) is 1.20. The zero-order valence-corrected chi connectivity index (χ0v) is 10.0. The van der Waals surface area contributed by atoms with Crippen molar-refractivity contribution in [1.29, 1.82) is 0 Å². The van der Waals surface area contributed by atoms with Crippen molar-refractivity contribution in [2.24, 2.45) is 0 Å². The van der Waals surface area contributed by atoms with Crippen molar-refractivity contribution in [2.75, 3.05) is 0 Å². The molecule has 86 valence electrons. The molecule has 0 aliphatic heterocycles. The second kappa shape index (κ2) is 5.25. The highest BCUT2D eigenvalue weighted by atomic mass is 14.9. The first kappa shape index (κ1) is 11.3. The molecule has 0 aliphatic carbocycles. The smallest absolute Gasteiger partial charge is 0.103 e. The van der Waals surface area contributed by atoms with Crippen molar-refractivity contribution in [1.82, 2.24) is 15.0 Å². The van der Waals surface area contributed by atoms with Gasteiger partial charge in [0.1, 0.15) is 5.82 Å². The quantitative estimate of drug-likeness (QED) is 0.638. The van der Waals surface area contributed by atoms with Gasteiger partial charge in [-0.1, -0.05) is 24.3 Å². The maximum atomic E-state index is 4.18. The molecule has 0 amide bonds. The molecule has 0 aliphatic rings. The van der Waals surface area contributed by atoms with Gasteiger partial charge in [-0.05, 0) is 26.0 Å². The molecule has 0 radical (unpaired) electrons. The average molecular weight is 225 g/mol. The van der Waals surface area contributed by atoms with E-state index in [0.29, 0.717) is 0 Å². The van der Waals surface area contributed by atoms with E-state index < -0.39 is 0 Å². The number of nitrogens with one attached hydrogen (secondary N) is 1. The molecule has 1 N–H and O–H groups in total. The Morgan fingerprint density at radius 2 is 1.76 bits per heavy atom. The molecule has 0 saturated carbocycles. The van der Waals surface area contributed by atoms with E-state index in [0.717, 1.165) is 17.0 Å². The van der Waals surface area contributed by atoms with E-state index in [4.69, 9.17) is 0 Å². The van der Waals surface area contributed by atoms with E-state index in [1.54, 1.807) is 0 Å². The zero-order valence-electron chi connectivity index (χ0n) is 10.0. The van der Waals surface area contributed by atoms with Crippen LogP contribution < -0.4 is 0 Å². The van der Waals surface area contributed by atoms with Gasteiger partial charge in [0.2, 0.25) is 0 Å². The highest BCUT2D eigenvalue weighted by Crippen LogP contribution is 2.07. The largest absolute Gasteiger partial charge is 0.349 e. The lowest BCUT2D eigenvalue weighted by atomic mass is 10.2. The van der Waals surface area contributed by atoms with Gasteiger partial charge in [0, 0.05) is 17.8 Å². The maximum Gasteiger partial charge on any atom is 0.103 e. The minimum absolute atomic E-state index is 0.984. The third kappa shape index (κ3) is 3.14. The van der Waals surface area contributed by atoms with Crippen LogP contribution in [0.15, 0.2) is 48.8 Å². The van der Waals surface area contributed by atoms with E-state index in [9.17, 15) is 0 Å². The first-order chi connectivity index (χ1) is 8.25. The number of pyridine rings is 1. The molecule has 2 aromatic heterocycles. The van der Waals surface area contributed by atoms with Crippen LogP contribution in [0.25, 0.3) is 10.9 Å². The van der Waals surface area contributed by atoms with Crippen molar-refractivity contribution in [3.8, 4) is 0 Å². The molecular weight excluding hydrogens is 210 g/mol. The number of fused-ring (bicyclic) bond motifs is 1. The number of imidazole rings is 1. The third-order valence-electron chi connectivity index (χ3n) is 2.35. The lowest BCUT2D eigenvalue weighted by molar-refractivity contribution is 1.13. The Kier molecular flexibility index (Phi) is 3.50. The summed E-state index contributed by atoms with van der Waals surface area (Å²) in [6.45, 7) is 3.90. The molecular formula is C14H15N3. The minimum atomic E-state index is 0.984. The van der Waals surface area contributed by atoms with Gasteiger partial charge >= 0.3 is 0 Å². The Morgan fingerprint density at radius 1 is 1.00 bits per heavy atom. The van der Waals surface area contributed by atoms with Crippen LogP contribution in [0.5, 0.6) is 0 Å². The fourth-order valence-corrected chi connectivity index (χ4v) is 1.55. The monoisotopic (exact) mass is 225 g/mol. The lowest BCUT2D eigenvalue weighted by Gasteiger charge is -1.91. The van der Waals surface area contributed by atoms with Gasteiger partial charge in [-0.15, -0.1) is 0 Å². The van der Waals surface area contributed by atoms with Crippen molar-refractivity contribution in [3.05, 3.63) is 60.3 Å². The first-order valence-electron chi connectivity index (χ1n) is 5.54. The van der Waals surface area contributed by atoms with Gasteiger partial charge in [0.05, 0.1) is 11.2 Å². The second-order valence-corrected chi connectivity index (χ2v) is 3.82. The van der Waals surface area contributed by atoms with E-state index in [-0.39, 0.29) is 0 Å². The van der Waals surface area contributed by atoms with Gasteiger partial charge in [-0.25, -0.2) is 4.98 Å². The lowest BCUT2D eigenvalue weighted by Crippen LogP contribution is -1.73. The van der Waals surface area contributed by atoms with Crippen molar-refractivity contribution >= 4 is 10.9 Å². The molecule has 17 heavy (non-hydrogen) atoms. The molecule has 2 heterocycles. The van der Waals surface area contributed by atoms with Crippen LogP contribution in [-0.2, 0) is 0 Å². The fraction of sp³-hybridized carbons (Fsp3) is 0.143. The topological polar surface area (TPSA) is 41.6 Å². The number of aromatic nitrogens is 3. The minimum Gasteiger partial charge on any atom is -0.349 e. The van der Waals surface area contributed by atoms with Crippen LogP contribution in [0, 0.1) is 13.8 Å². The first-order valence-corrected chi connectivity index (χ1v) is 5.54. The van der Waals surface area contributed by atoms with Gasteiger partial charge in [0.25, 0.3) is 0 Å². The summed E-state index contributed by atoms with van der Waals surface area (Å²) in [7, 11) is 0. The Balaban J connectivity index is 0.000000136. The average Bonchev–Trinajstić information content (AvgIpc) is 2.74. The van der Waals surface area contributed by atoms with E-state index in [1.807, 2.05) is 50.5 Å². The Hall–Kier alpha value is -2.16. The predicted octanol–water partition coefficient (Wildman–Crippen LogP) is 3.26. The molecule has 3 heteroatoms. The van der Waals surface area contributed by atoms with Crippen LogP contribution in [0.3, 0.4) is 0 Å². The number of hydrogen-bond acceptors (Lipinski definition) is 2. The van der Waals surface area contributed by atoms with Crippen molar-refractivity contribution in [2.45, 2.75) is 13.8 Å². The normalized spacial score (nSPS) is 9.76. The third-order valence-corrected chi connectivity index (χ3v) is 2.35. The highest BCUT2D eigenvalue weighted by molar-refractivity contribution is 5.77. The summed E-state index contributed by atoms with van der Waals surface area (Å²) in [4.78, 5) is 11.2. The number of hydrogen-bond donors (Lipinski definition) is 1.